The fourth-order valence-electron chi connectivity index (χ4n) is 2.70. The van der Waals surface area contributed by atoms with E-state index in [1.165, 1.54) is 27.7 Å². The first kappa shape index (κ1) is 22.6. The van der Waals surface area contributed by atoms with Crippen molar-refractivity contribution >= 4 is 23.9 Å². The van der Waals surface area contributed by atoms with Crippen molar-refractivity contribution in [3.8, 4) is 23.0 Å². The molecule has 0 aromatic heterocycles. The zero-order valence-corrected chi connectivity index (χ0v) is 17.1. The van der Waals surface area contributed by atoms with Gasteiger partial charge >= 0.3 is 23.9 Å². The standard InChI is InChI=1S/C22H22O8/c1-13(23)27-19-7-5-6-17(10-19)8-9-18-11-20(28-14(2)24)22(30-16(4)26)21(12-18)29-15(3)25/h5-7,10-12H,8-9H2,1-4H3. The largest absolute Gasteiger partial charge is 0.427 e. The van der Waals surface area contributed by atoms with Crippen molar-refractivity contribution in [2.24, 2.45) is 0 Å². The van der Waals surface area contributed by atoms with Crippen LogP contribution in [0, 0.1) is 0 Å². The number of hydrogen-bond acceptors (Lipinski definition) is 8. The monoisotopic (exact) mass is 414 g/mol. The van der Waals surface area contributed by atoms with E-state index >= 15 is 0 Å². The zero-order chi connectivity index (χ0) is 22.3. The third kappa shape index (κ3) is 7.05. The highest BCUT2D eigenvalue weighted by Gasteiger charge is 2.20. The smallest absolute Gasteiger partial charge is 0.308 e. The Bertz CT molecular complexity index is 940. The lowest BCUT2D eigenvalue weighted by Gasteiger charge is -2.15. The van der Waals surface area contributed by atoms with Crippen LogP contribution in [0.2, 0.25) is 0 Å². The lowest BCUT2D eigenvalue weighted by molar-refractivity contribution is -0.135. The molecule has 158 valence electrons. The molecule has 0 heterocycles. The number of carbonyl (C=O) groups excluding carboxylic acids is 4. The lowest BCUT2D eigenvalue weighted by atomic mass is 10.0. The summed E-state index contributed by atoms with van der Waals surface area (Å²) in [4.78, 5) is 45.6. The molecule has 0 radical (unpaired) electrons. The molecule has 30 heavy (non-hydrogen) atoms. The number of rotatable bonds is 7. The average Bonchev–Trinajstić information content (AvgIpc) is 2.61. The van der Waals surface area contributed by atoms with Crippen LogP contribution in [-0.4, -0.2) is 23.9 Å². The van der Waals surface area contributed by atoms with Crippen LogP contribution in [0.4, 0.5) is 0 Å². The van der Waals surface area contributed by atoms with Gasteiger partial charge in [0.2, 0.25) is 5.75 Å². The van der Waals surface area contributed by atoms with E-state index in [4.69, 9.17) is 18.9 Å². The third-order valence-corrected chi connectivity index (χ3v) is 3.70. The summed E-state index contributed by atoms with van der Waals surface area (Å²) in [6.07, 6.45) is 1.04. The van der Waals surface area contributed by atoms with Gasteiger partial charge in [-0.25, -0.2) is 0 Å². The third-order valence-electron chi connectivity index (χ3n) is 3.70. The van der Waals surface area contributed by atoms with Gasteiger partial charge in [-0.15, -0.1) is 0 Å². The summed E-state index contributed by atoms with van der Waals surface area (Å²) >= 11 is 0. The van der Waals surface area contributed by atoms with Crippen molar-refractivity contribution in [2.45, 2.75) is 40.5 Å². The van der Waals surface area contributed by atoms with Crippen molar-refractivity contribution < 1.29 is 38.1 Å². The molecule has 0 unspecified atom stereocenters. The minimum Gasteiger partial charge on any atom is -0.427 e. The maximum Gasteiger partial charge on any atom is 0.308 e. The normalized spacial score (nSPS) is 10.1. The Labute approximate surface area is 173 Å². The fourth-order valence-corrected chi connectivity index (χ4v) is 2.70. The Kier molecular flexibility index (Phi) is 7.69. The molecule has 0 fully saturated rings. The van der Waals surface area contributed by atoms with Gasteiger partial charge in [0.1, 0.15) is 5.75 Å². The summed E-state index contributed by atoms with van der Waals surface area (Å²) in [5, 5.41) is 0. The van der Waals surface area contributed by atoms with E-state index in [0.717, 1.165) is 5.56 Å². The highest BCUT2D eigenvalue weighted by molar-refractivity contribution is 5.78. The van der Waals surface area contributed by atoms with E-state index in [9.17, 15) is 19.2 Å². The van der Waals surface area contributed by atoms with Crippen LogP contribution < -0.4 is 18.9 Å². The molecule has 2 aromatic carbocycles. The van der Waals surface area contributed by atoms with E-state index in [2.05, 4.69) is 0 Å². The lowest BCUT2D eigenvalue weighted by Crippen LogP contribution is -2.11. The molecule has 0 saturated carbocycles. The highest BCUT2D eigenvalue weighted by Crippen LogP contribution is 2.39. The maximum atomic E-state index is 11.5. The Morgan fingerprint density at radius 2 is 1.13 bits per heavy atom. The molecule has 0 N–H and O–H groups in total. The summed E-state index contributed by atoms with van der Waals surface area (Å²) in [5.41, 5.74) is 1.58. The minimum atomic E-state index is -0.660. The first-order chi connectivity index (χ1) is 14.1. The molecule has 8 heteroatoms. The van der Waals surface area contributed by atoms with E-state index in [0.29, 0.717) is 24.2 Å². The van der Waals surface area contributed by atoms with Gasteiger partial charge in [0.15, 0.2) is 11.5 Å². The number of hydrogen-bond donors (Lipinski definition) is 0. The van der Waals surface area contributed by atoms with Crippen LogP contribution in [0.5, 0.6) is 23.0 Å². The number of ether oxygens (including phenoxy) is 4. The van der Waals surface area contributed by atoms with E-state index < -0.39 is 23.9 Å². The highest BCUT2D eigenvalue weighted by atomic mass is 16.6. The van der Waals surface area contributed by atoms with Gasteiger partial charge in [0.05, 0.1) is 0 Å². The van der Waals surface area contributed by atoms with Crippen LogP contribution >= 0.6 is 0 Å². The molecule has 0 atom stereocenters. The Balaban J connectivity index is 2.34. The van der Waals surface area contributed by atoms with Gasteiger partial charge < -0.3 is 18.9 Å². The maximum absolute atomic E-state index is 11.5. The fraction of sp³-hybridized carbons (Fsp3) is 0.273. The summed E-state index contributed by atoms with van der Waals surface area (Å²) < 4.78 is 20.5. The minimum absolute atomic E-state index is 0.0277. The van der Waals surface area contributed by atoms with Crippen LogP contribution in [0.1, 0.15) is 38.8 Å². The summed E-state index contributed by atoms with van der Waals surface area (Å²) in [6.45, 7) is 4.91. The van der Waals surface area contributed by atoms with Gasteiger partial charge in [-0.2, -0.15) is 0 Å². The van der Waals surface area contributed by atoms with Gasteiger partial charge in [-0.1, -0.05) is 12.1 Å². The molecule has 2 aromatic rings. The molecular formula is C22H22O8. The molecule has 0 bridgehead atoms. The molecule has 0 amide bonds. The van der Waals surface area contributed by atoms with Gasteiger partial charge in [0, 0.05) is 27.7 Å². The van der Waals surface area contributed by atoms with Crippen LogP contribution in [-0.2, 0) is 32.0 Å². The Morgan fingerprint density at radius 3 is 1.63 bits per heavy atom. The molecule has 0 aliphatic heterocycles. The van der Waals surface area contributed by atoms with Crippen molar-refractivity contribution in [2.75, 3.05) is 0 Å². The second-order valence-corrected chi connectivity index (χ2v) is 6.44. The van der Waals surface area contributed by atoms with Crippen LogP contribution in [0.15, 0.2) is 36.4 Å². The number of esters is 4. The average molecular weight is 414 g/mol. The molecule has 0 spiro atoms. The predicted molar refractivity (Wildman–Crippen MR) is 106 cm³/mol. The first-order valence-corrected chi connectivity index (χ1v) is 9.13. The molecule has 2 rings (SSSR count). The van der Waals surface area contributed by atoms with Crippen LogP contribution in [0.25, 0.3) is 0 Å². The SMILES string of the molecule is CC(=O)Oc1cccc(CCc2cc(OC(C)=O)c(OC(C)=O)c(OC(C)=O)c2)c1. The van der Waals surface area contributed by atoms with Crippen molar-refractivity contribution in [3.63, 3.8) is 0 Å². The van der Waals surface area contributed by atoms with Gasteiger partial charge in [-0.05, 0) is 48.2 Å². The molecule has 0 aliphatic carbocycles. The van der Waals surface area contributed by atoms with Gasteiger partial charge in [0.25, 0.3) is 0 Å². The first-order valence-electron chi connectivity index (χ1n) is 9.13. The van der Waals surface area contributed by atoms with E-state index in [-0.39, 0.29) is 17.2 Å². The molecule has 8 nitrogen and oxygen atoms in total. The second-order valence-electron chi connectivity index (χ2n) is 6.44. The Morgan fingerprint density at radius 1 is 0.633 bits per heavy atom. The van der Waals surface area contributed by atoms with Crippen molar-refractivity contribution in [1.29, 1.82) is 0 Å². The topological polar surface area (TPSA) is 105 Å². The molecule has 0 aliphatic rings. The zero-order valence-electron chi connectivity index (χ0n) is 17.1. The van der Waals surface area contributed by atoms with Crippen LogP contribution in [0.3, 0.4) is 0 Å². The van der Waals surface area contributed by atoms with E-state index in [1.54, 1.807) is 30.3 Å². The van der Waals surface area contributed by atoms with Gasteiger partial charge in [-0.3, -0.25) is 19.2 Å². The van der Waals surface area contributed by atoms with Crippen molar-refractivity contribution in [3.05, 3.63) is 47.5 Å². The van der Waals surface area contributed by atoms with Crippen molar-refractivity contribution in [1.82, 2.24) is 0 Å². The summed E-state index contributed by atoms with van der Waals surface area (Å²) in [6, 6.07) is 10.2. The number of carbonyl (C=O) groups is 4. The predicted octanol–water partition coefficient (Wildman–Crippen LogP) is 3.17. The number of benzene rings is 2. The quantitative estimate of drug-likeness (QED) is 0.502. The van der Waals surface area contributed by atoms with E-state index in [1.807, 2.05) is 6.07 Å². The summed E-state index contributed by atoms with van der Waals surface area (Å²) in [5.74, 6) is -2.08. The Hall–Kier alpha value is -3.68. The number of aryl methyl sites for hydroxylation is 2. The molecule has 0 saturated heterocycles. The second kappa shape index (κ2) is 10.2. The molecular weight excluding hydrogens is 392 g/mol. The summed E-state index contributed by atoms with van der Waals surface area (Å²) in [7, 11) is 0.